The number of carbonyl (C=O) groups is 1. The fourth-order valence-electron chi connectivity index (χ4n) is 2.41. The van der Waals surface area contributed by atoms with Crippen LogP contribution in [0.15, 0.2) is 69.7 Å². The predicted octanol–water partition coefficient (Wildman–Crippen LogP) is 3.95. The molecular weight excluding hydrogens is 332 g/mol. The zero-order valence-corrected chi connectivity index (χ0v) is 13.8. The van der Waals surface area contributed by atoms with E-state index in [-0.39, 0.29) is 11.6 Å². The van der Waals surface area contributed by atoms with Crippen LogP contribution in [0.4, 0.5) is 5.69 Å². The number of rotatable bonds is 4. The van der Waals surface area contributed by atoms with Gasteiger partial charge in [0.1, 0.15) is 5.76 Å². The Morgan fingerprint density at radius 1 is 0.923 bits per heavy atom. The van der Waals surface area contributed by atoms with E-state index in [0.717, 1.165) is 11.1 Å². The summed E-state index contributed by atoms with van der Waals surface area (Å²) in [6, 6.07) is 18.3. The quantitative estimate of drug-likeness (QED) is 0.601. The van der Waals surface area contributed by atoms with E-state index in [1.807, 2.05) is 30.3 Å². The minimum Gasteiger partial charge on any atom is -0.361 e. The van der Waals surface area contributed by atoms with E-state index in [0.29, 0.717) is 23.2 Å². The fraction of sp³-hybridized carbons (Fsp3) is 0.0526. The molecule has 2 aromatic carbocycles. The molecule has 1 amide bonds. The van der Waals surface area contributed by atoms with Gasteiger partial charge < -0.3 is 14.4 Å². The SMILES string of the molecule is Cc1cc(C(=O)Nc2ccc(-c3nc(-c4ccccc4)no3)cc2)no1. The molecule has 2 aromatic heterocycles. The maximum atomic E-state index is 12.1. The van der Waals surface area contributed by atoms with E-state index in [9.17, 15) is 4.79 Å². The lowest BCUT2D eigenvalue weighted by Crippen LogP contribution is -2.11. The number of benzene rings is 2. The first-order valence-corrected chi connectivity index (χ1v) is 7.93. The Morgan fingerprint density at radius 2 is 1.69 bits per heavy atom. The van der Waals surface area contributed by atoms with Crippen LogP contribution >= 0.6 is 0 Å². The summed E-state index contributed by atoms with van der Waals surface area (Å²) in [7, 11) is 0. The average molecular weight is 346 g/mol. The highest BCUT2D eigenvalue weighted by molar-refractivity contribution is 6.02. The zero-order chi connectivity index (χ0) is 17.9. The molecule has 4 rings (SSSR count). The molecule has 0 atom stereocenters. The Morgan fingerprint density at radius 3 is 2.38 bits per heavy atom. The van der Waals surface area contributed by atoms with E-state index in [2.05, 4.69) is 20.6 Å². The summed E-state index contributed by atoms with van der Waals surface area (Å²) in [6.07, 6.45) is 0. The number of anilines is 1. The highest BCUT2D eigenvalue weighted by Crippen LogP contribution is 2.23. The van der Waals surface area contributed by atoms with Gasteiger partial charge in [-0.05, 0) is 31.2 Å². The zero-order valence-electron chi connectivity index (χ0n) is 13.8. The van der Waals surface area contributed by atoms with Gasteiger partial charge in [0.2, 0.25) is 5.82 Å². The van der Waals surface area contributed by atoms with Gasteiger partial charge in [-0.3, -0.25) is 4.79 Å². The summed E-state index contributed by atoms with van der Waals surface area (Å²) in [4.78, 5) is 16.5. The van der Waals surface area contributed by atoms with Crippen LogP contribution in [0.5, 0.6) is 0 Å². The summed E-state index contributed by atoms with van der Waals surface area (Å²) in [5.41, 5.74) is 2.50. The van der Waals surface area contributed by atoms with Crippen LogP contribution in [0, 0.1) is 6.92 Å². The summed E-state index contributed by atoms with van der Waals surface area (Å²) in [5, 5.41) is 10.4. The van der Waals surface area contributed by atoms with Crippen molar-refractivity contribution in [1.29, 1.82) is 0 Å². The molecule has 4 aromatic rings. The van der Waals surface area contributed by atoms with Crippen molar-refractivity contribution < 1.29 is 13.8 Å². The van der Waals surface area contributed by atoms with E-state index < -0.39 is 0 Å². The van der Waals surface area contributed by atoms with Crippen molar-refractivity contribution >= 4 is 11.6 Å². The maximum Gasteiger partial charge on any atom is 0.277 e. The normalized spacial score (nSPS) is 10.7. The number of hydrogen-bond donors (Lipinski definition) is 1. The number of hydrogen-bond acceptors (Lipinski definition) is 6. The van der Waals surface area contributed by atoms with Gasteiger partial charge in [-0.2, -0.15) is 4.98 Å². The van der Waals surface area contributed by atoms with Gasteiger partial charge in [-0.25, -0.2) is 0 Å². The van der Waals surface area contributed by atoms with Gasteiger partial charge in [-0.1, -0.05) is 40.6 Å². The molecule has 0 spiro atoms. The van der Waals surface area contributed by atoms with Gasteiger partial charge in [0.25, 0.3) is 11.8 Å². The van der Waals surface area contributed by atoms with E-state index in [1.165, 1.54) is 0 Å². The van der Waals surface area contributed by atoms with Crippen LogP contribution in [-0.2, 0) is 0 Å². The van der Waals surface area contributed by atoms with Crippen LogP contribution in [-0.4, -0.2) is 21.2 Å². The molecule has 0 radical (unpaired) electrons. The second-order valence-electron chi connectivity index (χ2n) is 5.64. The number of aromatic nitrogens is 3. The number of amides is 1. The first kappa shape index (κ1) is 15.8. The third-order valence-corrected chi connectivity index (χ3v) is 3.71. The minimum atomic E-state index is -0.334. The number of nitrogens with one attached hydrogen (secondary N) is 1. The molecule has 0 unspecified atom stereocenters. The van der Waals surface area contributed by atoms with Crippen molar-refractivity contribution in [2.75, 3.05) is 5.32 Å². The van der Waals surface area contributed by atoms with Gasteiger partial charge >= 0.3 is 0 Å². The smallest absolute Gasteiger partial charge is 0.277 e. The molecule has 7 heteroatoms. The largest absolute Gasteiger partial charge is 0.361 e. The number of aryl methyl sites for hydroxylation is 1. The van der Waals surface area contributed by atoms with Gasteiger partial charge in [0, 0.05) is 22.9 Å². The topological polar surface area (TPSA) is 94.1 Å². The minimum absolute atomic E-state index is 0.232. The van der Waals surface area contributed by atoms with Crippen LogP contribution < -0.4 is 5.32 Å². The molecule has 0 fully saturated rings. The van der Waals surface area contributed by atoms with Crippen molar-refractivity contribution in [3.05, 3.63) is 72.1 Å². The Labute approximate surface area is 148 Å². The highest BCUT2D eigenvalue weighted by Gasteiger charge is 2.13. The molecular formula is C19H14N4O3. The molecule has 1 N–H and O–H groups in total. The lowest BCUT2D eigenvalue weighted by Gasteiger charge is -2.03. The van der Waals surface area contributed by atoms with Crippen molar-refractivity contribution in [2.24, 2.45) is 0 Å². The molecule has 2 heterocycles. The summed E-state index contributed by atoms with van der Waals surface area (Å²) in [6.45, 7) is 1.73. The summed E-state index contributed by atoms with van der Waals surface area (Å²) in [5.74, 6) is 1.18. The lowest BCUT2D eigenvalue weighted by atomic mass is 10.2. The summed E-state index contributed by atoms with van der Waals surface area (Å²) >= 11 is 0. The Balaban J connectivity index is 1.49. The monoisotopic (exact) mass is 346 g/mol. The van der Waals surface area contributed by atoms with Crippen LogP contribution in [0.25, 0.3) is 22.8 Å². The van der Waals surface area contributed by atoms with Crippen molar-refractivity contribution in [2.45, 2.75) is 6.92 Å². The van der Waals surface area contributed by atoms with Gasteiger partial charge in [0.05, 0.1) is 0 Å². The molecule has 0 aliphatic rings. The second kappa shape index (κ2) is 6.64. The second-order valence-corrected chi connectivity index (χ2v) is 5.64. The van der Waals surface area contributed by atoms with Crippen molar-refractivity contribution in [3.63, 3.8) is 0 Å². The Hall–Kier alpha value is -3.74. The third-order valence-electron chi connectivity index (χ3n) is 3.71. The summed E-state index contributed by atoms with van der Waals surface area (Å²) < 4.78 is 10.2. The van der Waals surface area contributed by atoms with E-state index >= 15 is 0 Å². The molecule has 26 heavy (non-hydrogen) atoms. The molecule has 128 valence electrons. The predicted molar refractivity (Wildman–Crippen MR) is 94.4 cm³/mol. The lowest BCUT2D eigenvalue weighted by molar-refractivity contribution is 0.101. The standard InChI is InChI=1S/C19H14N4O3/c1-12-11-16(22-25-12)18(24)20-15-9-7-14(8-10-15)19-21-17(23-26-19)13-5-3-2-4-6-13/h2-11H,1H3,(H,20,24). The van der Waals surface area contributed by atoms with Crippen LogP contribution in [0.3, 0.4) is 0 Å². The van der Waals surface area contributed by atoms with Crippen LogP contribution in [0.2, 0.25) is 0 Å². The third kappa shape index (κ3) is 3.23. The molecule has 0 saturated carbocycles. The molecule has 0 saturated heterocycles. The van der Waals surface area contributed by atoms with Crippen molar-refractivity contribution in [1.82, 2.24) is 15.3 Å². The first-order chi connectivity index (χ1) is 12.7. The first-order valence-electron chi connectivity index (χ1n) is 7.93. The van der Waals surface area contributed by atoms with Crippen molar-refractivity contribution in [3.8, 4) is 22.8 Å². The Kier molecular flexibility index (Phi) is 4.03. The van der Waals surface area contributed by atoms with Gasteiger partial charge in [0.15, 0.2) is 5.69 Å². The average Bonchev–Trinajstić information content (AvgIpc) is 3.32. The maximum absolute atomic E-state index is 12.1. The molecule has 0 bridgehead atoms. The van der Waals surface area contributed by atoms with E-state index in [4.69, 9.17) is 9.05 Å². The molecule has 7 nitrogen and oxygen atoms in total. The van der Waals surface area contributed by atoms with Gasteiger partial charge in [-0.15, -0.1) is 0 Å². The number of carbonyl (C=O) groups excluding carboxylic acids is 1. The van der Waals surface area contributed by atoms with E-state index in [1.54, 1.807) is 37.3 Å². The Bertz CT molecular complexity index is 1040. The van der Waals surface area contributed by atoms with Crippen LogP contribution in [0.1, 0.15) is 16.2 Å². The number of nitrogens with zero attached hydrogens (tertiary/aromatic N) is 3. The molecule has 0 aliphatic heterocycles. The molecule has 0 aliphatic carbocycles. The highest BCUT2D eigenvalue weighted by atomic mass is 16.5. The fourth-order valence-corrected chi connectivity index (χ4v) is 2.41.